The van der Waals surface area contributed by atoms with Crippen LogP contribution >= 0.6 is 0 Å². The first-order valence-corrected chi connectivity index (χ1v) is 12.7. The lowest BCUT2D eigenvalue weighted by Crippen LogP contribution is -2.47. The quantitative estimate of drug-likeness (QED) is 0.242. The summed E-state index contributed by atoms with van der Waals surface area (Å²) in [6.45, 7) is 8.02. The zero-order chi connectivity index (χ0) is 26.2. The maximum atomic E-state index is 13.5. The number of aryl methyl sites for hydroxylation is 1. The Morgan fingerprint density at radius 1 is 0.865 bits per heavy atom. The van der Waals surface area contributed by atoms with Crippen LogP contribution in [0.2, 0.25) is 0 Å². The summed E-state index contributed by atoms with van der Waals surface area (Å²) in [7, 11) is 0. The number of hydrogen-bond acceptors (Lipinski definition) is 5. The average Bonchev–Trinajstić information content (AvgIpc) is 2.90. The van der Waals surface area contributed by atoms with Crippen LogP contribution in [0.25, 0.3) is 0 Å². The normalized spacial score (nSPS) is 14.7. The van der Waals surface area contributed by atoms with E-state index in [0.717, 1.165) is 68.8 Å². The van der Waals surface area contributed by atoms with E-state index in [1.807, 2.05) is 31.2 Å². The smallest absolute Gasteiger partial charge is 0.269 e. The van der Waals surface area contributed by atoms with Crippen molar-refractivity contribution in [1.82, 2.24) is 9.80 Å². The van der Waals surface area contributed by atoms with Crippen molar-refractivity contribution in [3.63, 3.8) is 0 Å². The second-order valence-electron chi connectivity index (χ2n) is 9.54. The molecule has 3 aromatic carbocycles. The minimum Gasteiger partial charge on any atom is -0.492 e. The van der Waals surface area contributed by atoms with Crippen molar-refractivity contribution in [3.05, 3.63) is 105 Å². The zero-order valence-electron chi connectivity index (χ0n) is 21.1. The van der Waals surface area contributed by atoms with Crippen molar-refractivity contribution >= 4 is 5.69 Å². The highest BCUT2D eigenvalue weighted by molar-refractivity contribution is 5.43. The summed E-state index contributed by atoms with van der Waals surface area (Å²) in [6, 6.07) is 17.9. The molecule has 3 aromatic rings. The van der Waals surface area contributed by atoms with E-state index in [1.165, 1.54) is 36.4 Å². The van der Waals surface area contributed by atoms with Gasteiger partial charge in [-0.3, -0.25) is 15.0 Å². The van der Waals surface area contributed by atoms with Crippen LogP contribution in [-0.4, -0.2) is 60.6 Å². The Balaban J connectivity index is 1.21. The van der Waals surface area contributed by atoms with E-state index in [4.69, 9.17) is 4.74 Å². The number of nitrogens with zero attached hydrogens (tertiary/aromatic N) is 3. The van der Waals surface area contributed by atoms with Crippen LogP contribution in [-0.2, 0) is 0 Å². The molecule has 0 radical (unpaired) electrons. The van der Waals surface area contributed by atoms with Crippen LogP contribution in [0, 0.1) is 28.7 Å². The number of piperazine rings is 1. The van der Waals surface area contributed by atoms with Crippen molar-refractivity contribution < 1.29 is 18.4 Å². The van der Waals surface area contributed by atoms with Gasteiger partial charge in [0.1, 0.15) is 24.0 Å². The molecule has 0 aromatic heterocycles. The molecule has 1 heterocycles. The fraction of sp³-hybridized carbons (Fsp3) is 0.379. The number of nitro groups is 1. The highest BCUT2D eigenvalue weighted by Gasteiger charge is 2.19. The number of hydrogen-bond donors (Lipinski definition) is 0. The molecule has 0 saturated carbocycles. The summed E-state index contributed by atoms with van der Waals surface area (Å²) >= 11 is 0. The zero-order valence-corrected chi connectivity index (χ0v) is 21.1. The van der Waals surface area contributed by atoms with E-state index >= 15 is 0 Å². The number of benzene rings is 3. The highest BCUT2D eigenvalue weighted by atomic mass is 19.1. The van der Waals surface area contributed by atoms with Crippen LogP contribution in [0.1, 0.15) is 35.4 Å². The lowest BCUT2D eigenvalue weighted by Gasteiger charge is -2.34. The van der Waals surface area contributed by atoms with Crippen LogP contribution in [0.4, 0.5) is 14.5 Å². The van der Waals surface area contributed by atoms with Gasteiger partial charge in [0.15, 0.2) is 0 Å². The first kappa shape index (κ1) is 26.7. The van der Waals surface area contributed by atoms with E-state index in [1.54, 1.807) is 6.07 Å². The van der Waals surface area contributed by atoms with Crippen LogP contribution in [0.15, 0.2) is 66.7 Å². The van der Waals surface area contributed by atoms with Crippen molar-refractivity contribution in [2.75, 3.05) is 45.9 Å². The summed E-state index contributed by atoms with van der Waals surface area (Å²) in [5.74, 6) is 0.268. The molecule has 0 N–H and O–H groups in total. The summed E-state index contributed by atoms with van der Waals surface area (Å²) in [5, 5.41) is 10.9. The van der Waals surface area contributed by atoms with E-state index in [2.05, 4.69) is 9.80 Å². The Bertz CT molecular complexity index is 1120. The monoisotopic (exact) mass is 509 g/mol. The van der Waals surface area contributed by atoms with Gasteiger partial charge in [0.2, 0.25) is 0 Å². The van der Waals surface area contributed by atoms with Gasteiger partial charge in [0.05, 0.1) is 4.92 Å². The molecule has 37 heavy (non-hydrogen) atoms. The molecular weight excluding hydrogens is 476 g/mol. The van der Waals surface area contributed by atoms with E-state index < -0.39 is 4.92 Å². The largest absolute Gasteiger partial charge is 0.492 e. The molecule has 0 spiro atoms. The summed E-state index contributed by atoms with van der Waals surface area (Å²) in [6.07, 6.45) is 1.89. The maximum Gasteiger partial charge on any atom is 0.269 e. The SMILES string of the molecule is Cc1cc([N+](=O)[O-])ccc1OCCN1CCN(CCCC(c2ccc(F)cc2)c2ccc(F)cc2)CC1. The van der Waals surface area contributed by atoms with Crippen molar-refractivity contribution in [1.29, 1.82) is 0 Å². The van der Waals surface area contributed by atoms with E-state index in [9.17, 15) is 18.9 Å². The van der Waals surface area contributed by atoms with Gasteiger partial charge in [-0.25, -0.2) is 8.78 Å². The minimum absolute atomic E-state index is 0.0719. The Morgan fingerprint density at radius 2 is 1.41 bits per heavy atom. The first-order valence-electron chi connectivity index (χ1n) is 12.7. The van der Waals surface area contributed by atoms with Gasteiger partial charge in [-0.05, 0) is 73.3 Å². The third-order valence-corrected chi connectivity index (χ3v) is 7.01. The molecule has 6 nitrogen and oxygen atoms in total. The molecule has 8 heteroatoms. The Labute approximate surface area is 216 Å². The second-order valence-corrected chi connectivity index (χ2v) is 9.54. The number of nitro benzene ring substituents is 1. The fourth-order valence-electron chi connectivity index (χ4n) is 4.87. The molecule has 0 aliphatic carbocycles. The molecular formula is C29H33F2N3O3. The lowest BCUT2D eigenvalue weighted by atomic mass is 9.87. The number of halogens is 2. The fourth-order valence-corrected chi connectivity index (χ4v) is 4.87. The number of rotatable bonds is 11. The average molecular weight is 510 g/mol. The molecule has 4 rings (SSSR count). The summed E-state index contributed by atoms with van der Waals surface area (Å²) < 4.78 is 32.8. The molecule has 0 amide bonds. The Kier molecular flexibility index (Phi) is 9.19. The molecule has 1 aliphatic heterocycles. The number of non-ortho nitro benzene ring substituents is 1. The summed E-state index contributed by atoms with van der Waals surface area (Å²) in [5.41, 5.74) is 2.92. The third-order valence-electron chi connectivity index (χ3n) is 7.01. The molecule has 0 bridgehead atoms. The van der Waals surface area contributed by atoms with Crippen molar-refractivity contribution in [2.24, 2.45) is 0 Å². The highest BCUT2D eigenvalue weighted by Crippen LogP contribution is 2.30. The van der Waals surface area contributed by atoms with Crippen molar-refractivity contribution in [3.8, 4) is 5.75 Å². The number of ether oxygens (including phenoxy) is 1. The third kappa shape index (κ3) is 7.57. The van der Waals surface area contributed by atoms with Crippen LogP contribution in [0.3, 0.4) is 0 Å². The minimum atomic E-state index is -0.401. The van der Waals surface area contributed by atoms with Crippen LogP contribution < -0.4 is 4.74 Å². The predicted molar refractivity (Wildman–Crippen MR) is 140 cm³/mol. The van der Waals surface area contributed by atoms with Crippen molar-refractivity contribution in [2.45, 2.75) is 25.7 Å². The van der Waals surface area contributed by atoms with E-state index in [-0.39, 0.29) is 23.2 Å². The summed E-state index contributed by atoms with van der Waals surface area (Å²) in [4.78, 5) is 15.3. The van der Waals surface area contributed by atoms with Gasteiger partial charge >= 0.3 is 0 Å². The lowest BCUT2D eigenvalue weighted by molar-refractivity contribution is -0.384. The van der Waals surface area contributed by atoms with E-state index in [0.29, 0.717) is 12.4 Å². The molecule has 1 fully saturated rings. The van der Waals surface area contributed by atoms with Gasteiger partial charge < -0.3 is 9.64 Å². The molecule has 1 saturated heterocycles. The topological polar surface area (TPSA) is 58.9 Å². The molecule has 1 aliphatic rings. The molecule has 196 valence electrons. The maximum absolute atomic E-state index is 13.5. The van der Waals surface area contributed by atoms with Gasteiger partial charge in [-0.2, -0.15) is 0 Å². The predicted octanol–water partition coefficient (Wildman–Crippen LogP) is 5.79. The molecule has 0 unspecified atom stereocenters. The Hall–Kier alpha value is -3.36. The van der Waals surface area contributed by atoms with Crippen LogP contribution in [0.5, 0.6) is 5.75 Å². The standard InChI is InChI=1S/C29H33F2N3O3/c1-22-21-27(34(35)36)12-13-29(22)37-20-19-33-17-15-32(16-18-33)14-2-3-28(23-4-8-25(30)9-5-23)24-6-10-26(31)11-7-24/h4-13,21,28H,2-3,14-20H2,1H3. The van der Waals surface area contributed by atoms with Gasteiger partial charge in [0, 0.05) is 50.8 Å². The van der Waals surface area contributed by atoms with Gasteiger partial charge in [0.25, 0.3) is 5.69 Å². The second kappa shape index (κ2) is 12.7. The first-order chi connectivity index (χ1) is 17.9. The van der Waals surface area contributed by atoms with Gasteiger partial charge in [-0.15, -0.1) is 0 Å². The van der Waals surface area contributed by atoms with Gasteiger partial charge in [-0.1, -0.05) is 24.3 Å². The molecule has 0 atom stereocenters. The Morgan fingerprint density at radius 3 is 1.92 bits per heavy atom.